The van der Waals surface area contributed by atoms with Gasteiger partial charge in [0.2, 0.25) is 5.91 Å². The molecule has 140 valence electrons. The lowest BCUT2D eigenvalue weighted by Crippen LogP contribution is -2.67. The minimum absolute atomic E-state index is 0.192. The number of piperazine rings is 1. The first-order valence-electron chi connectivity index (χ1n) is 8.38. The number of amides is 1. The van der Waals surface area contributed by atoms with Gasteiger partial charge >= 0.3 is 0 Å². The van der Waals surface area contributed by atoms with Gasteiger partial charge in [-0.2, -0.15) is 0 Å². The molecule has 2 N–H and O–H groups in total. The second-order valence-electron chi connectivity index (χ2n) is 6.41. The fraction of sp³-hybridized carbons (Fsp3) is 0.500. The Bertz CT molecular complexity index is 811. The highest BCUT2D eigenvalue weighted by molar-refractivity contribution is 7.22. The van der Waals surface area contributed by atoms with Crippen molar-refractivity contribution in [2.75, 3.05) is 31.1 Å². The standard InChI is InChI=1S/C16H18ClF2N5OS/c17-9-1-2-10-12(7-9)26-16(21-10)24-5-3-23(4-6-24)15-20-11(14(18)19)8-13(25)22-15/h1-2,7,11,14-15,20H,3-6,8H2,(H,22,25). The molecular formula is C16H18ClF2N5OS. The number of nitrogens with zero attached hydrogens (tertiary/aromatic N) is 3. The first kappa shape index (κ1) is 17.8. The zero-order valence-corrected chi connectivity index (χ0v) is 15.4. The molecule has 0 bridgehead atoms. The van der Waals surface area contributed by atoms with Crippen LogP contribution in [-0.4, -0.2) is 60.7 Å². The van der Waals surface area contributed by atoms with E-state index in [0.29, 0.717) is 31.2 Å². The average molecular weight is 402 g/mol. The van der Waals surface area contributed by atoms with Crippen LogP contribution in [0.1, 0.15) is 6.42 Å². The highest BCUT2D eigenvalue weighted by Crippen LogP contribution is 2.31. The van der Waals surface area contributed by atoms with E-state index in [1.54, 1.807) is 11.3 Å². The summed E-state index contributed by atoms with van der Waals surface area (Å²) < 4.78 is 27.0. The van der Waals surface area contributed by atoms with E-state index in [-0.39, 0.29) is 12.3 Å². The molecule has 2 fully saturated rings. The van der Waals surface area contributed by atoms with Crippen LogP contribution in [0.25, 0.3) is 10.2 Å². The summed E-state index contributed by atoms with van der Waals surface area (Å²) in [5.41, 5.74) is 0.915. The van der Waals surface area contributed by atoms with Crippen molar-refractivity contribution in [2.45, 2.75) is 25.2 Å². The summed E-state index contributed by atoms with van der Waals surface area (Å²) >= 11 is 7.62. The van der Waals surface area contributed by atoms with Crippen molar-refractivity contribution < 1.29 is 13.6 Å². The number of anilines is 1. The summed E-state index contributed by atoms with van der Waals surface area (Å²) in [4.78, 5) is 20.5. The van der Waals surface area contributed by atoms with Crippen molar-refractivity contribution >= 4 is 44.2 Å². The van der Waals surface area contributed by atoms with Crippen molar-refractivity contribution in [3.8, 4) is 0 Å². The van der Waals surface area contributed by atoms with E-state index in [2.05, 4.69) is 20.5 Å². The SMILES string of the molecule is O=C1CC(C(F)F)NC(N2CCN(c3nc4ccc(Cl)cc4s3)CC2)N1. The van der Waals surface area contributed by atoms with Crippen LogP contribution in [-0.2, 0) is 4.79 Å². The number of fused-ring (bicyclic) bond motifs is 1. The van der Waals surface area contributed by atoms with Crippen LogP contribution in [0.2, 0.25) is 5.02 Å². The number of rotatable bonds is 3. The van der Waals surface area contributed by atoms with Gasteiger partial charge in [-0.25, -0.2) is 13.8 Å². The van der Waals surface area contributed by atoms with E-state index in [1.807, 2.05) is 23.1 Å². The Labute approximate surface area is 158 Å². The third kappa shape index (κ3) is 3.62. The lowest BCUT2D eigenvalue weighted by atomic mass is 10.1. The quantitative estimate of drug-likeness (QED) is 0.824. The monoisotopic (exact) mass is 401 g/mol. The molecule has 6 nitrogen and oxygen atoms in total. The topological polar surface area (TPSA) is 60.5 Å². The van der Waals surface area contributed by atoms with Crippen LogP contribution in [0.5, 0.6) is 0 Å². The van der Waals surface area contributed by atoms with Crippen molar-refractivity contribution in [1.29, 1.82) is 0 Å². The van der Waals surface area contributed by atoms with Gasteiger partial charge < -0.3 is 10.2 Å². The molecule has 2 unspecified atom stereocenters. The molecule has 1 aromatic heterocycles. The Balaban J connectivity index is 1.41. The third-order valence-corrected chi connectivity index (χ3v) is 5.98. The molecule has 0 spiro atoms. The van der Waals surface area contributed by atoms with Crippen molar-refractivity contribution in [1.82, 2.24) is 20.5 Å². The molecule has 0 radical (unpaired) electrons. The van der Waals surface area contributed by atoms with Crippen molar-refractivity contribution in [2.24, 2.45) is 0 Å². The summed E-state index contributed by atoms with van der Waals surface area (Å²) in [7, 11) is 0. The zero-order valence-electron chi connectivity index (χ0n) is 13.8. The average Bonchev–Trinajstić information content (AvgIpc) is 3.04. The predicted octanol–water partition coefficient (Wildman–Crippen LogP) is 2.10. The van der Waals surface area contributed by atoms with E-state index in [4.69, 9.17) is 11.6 Å². The first-order chi connectivity index (χ1) is 12.5. The molecule has 1 amide bonds. The molecule has 0 aliphatic carbocycles. The van der Waals surface area contributed by atoms with Crippen molar-refractivity contribution in [3.63, 3.8) is 0 Å². The number of aromatic nitrogens is 1. The number of thiazole rings is 1. The third-order valence-electron chi connectivity index (χ3n) is 4.67. The number of halogens is 3. The normalized spacial score (nSPS) is 25.1. The Kier molecular flexibility index (Phi) is 4.96. The molecule has 1 aromatic carbocycles. The van der Waals surface area contributed by atoms with Gasteiger partial charge in [0, 0.05) is 37.6 Å². The van der Waals surface area contributed by atoms with Gasteiger partial charge in [-0.3, -0.25) is 15.0 Å². The predicted molar refractivity (Wildman–Crippen MR) is 97.9 cm³/mol. The zero-order chi connectivity index (χ0) is 18.3. The molecule has 0 saturated carbocycles. The highest BCUT2D eigenvalue weighted by atomic mass is 35.5. The van der Waals surface area contributed by atoms with Crippen LogP contribution in [0.4, 0.5) is 13.9 Å². The van der Waals surface area contributed by atoms with Gasteiger partial charge in [0.15, 0.2) is 5.13 Å². The summed E-state index contributed by atoms with van der Waals surface area (Å²) in [6.07, 6.45) is -3.30. The van der Waals surface area contributed by atoms with Crippen LogP contribution in [0.15, 0.2) is 18.2 Å². The van der Waals surface area contributed by atoms with E-state index in [1.165, 1.54) is 0 Å². The van der Waals surface area contributed by atoms with Gasteiger partial charge in [0.1, 0.15) is 6.29 Å². The second-order valence-corrected chi connectivity index (χ2v) is 7.86. The Hall–Kier alpha value is -1.55. The summed E-state index contributed by atoms with van der Waals surface area (Å²) in [5.74, 6) is -0.343. The van der Waals surface area contributed by atoms with E-state index in [0.717, 1.165) is 15.3 Å². The second kappa shape index (κ2) is 7.22. The van der Waals surface area contributed by atoms with Crippen LogP contribution >= 0.6 is 22.9 Å². The molecule has 26 heavy (non-hydrogen) atoms. The fourth-order valence-corrected chi connectivity index (χ4v) is 4.56. The summed E-state index contributed by atoms with van der Waals surface area (Å²) in [5, 5.41) is 7.19. The van der Waals surface area contributed by atoms with Gasteiger partial charge in [0.05, 0.1) is 16.3 Å². The molecule has 2 aliphatic rings. The smallest absolute Gasteiger partial charge is 0.254 e. The van der Waals surface area contributed by atoms with Gasteiger partial charge in [0.25, 0.3) is 6.43 Å². The summed E-state index contributed by atoms with van der Waals surface area (Å²) in [6, 6.07) is 4.53. The number of carbonyl (C=O) groups excluding carboxylic acids is 1. The van der Waals surface area contributed by atoms with Gasteiger partial charge in [-0.15, -0.1) is 0 Å². The van der Waals surface area contributed by atoms with E-state index in [9.17, 15) is 13.6 Å². The fourth-order valence-electron chi connectivity index (χ4n) is 3.27. The molecule has 2 saturated heterocycles. The number of benzene rings is 1. The van der Waals surface area contributed by atoms with Crippen LogP contribution in [0.3, 0.4) is 0 Å². The van der Waals surface area contributed by atoms with Crippen molar-refractivity contribution in [3.05, 3.63) is 23.2 Å². The number of alkyl halides is 2. The van der Waals surface area contributed by atoms with E-state index < -0.39 is 18.8 Å². The lowest BCUT2D eigenvalue weighted by molar-refractivity contribution is -0.129. The minimum Gasteiger partial charge on any atom is -0.345 e. The number of hydrogen-bond acceptors (Lipinski definition) is 6. The molecular weight excluding hydrogens is 384 g/mol. The Morgan fingerprint density at radius 3 is 2.77 bits per heavy atom. The van der Waals surface area contributed by atoms with Gasteiger partial charge in [-0.1, -0.05) is 22.9 Å². The largest absolute Gasteiger partial charge is 0.345 e. The Morgan fingerprint density at radius 1 is 1.27 bits per heavy atom. The minimum atomic E-state index is -2.56. The lowest BCUT2D eigenvalue weighted by Gasteiger charge is -2.42. The maximum atomic E-state index is 13.0. The van der Waals surface area contributed by atoms with E-state index >= 15 is 0 Å². The molecule has 10 heteroatoms. The summed E-state index contributed by atoms with van der Waals surface area (Å²) in [6.45, 7) is 2.71. The first-order valence-corrected chi connectivity index (χ1v) is 9.58. The number of hydrogen-bond donors (Lipinski definition) is 2. The maximum absolute atomic E-state index is 13.0. The maximum Gasteiger partial charge on any atom is 0.254 e. The highest BCUT2D eigenvalue weighted by Gasteiger charge is 2.35. The molecule has 2 atom stereocenters. The molecule has 2 aliphatic heterocycles. The van der Waals surface area contributed by atoms with Gasteiger partial charge in [-0.05, 0) is 18.2 Å². The molecule has 3 heterocycles. The van der Waals surface area contributed by atoms with Crippen LogP contribution < -0.4 is 15.5 Å². The molecule has 4 rings (SSSR count). The number of carbonyl (C=O) groups is 1. The molecule has 2 aromatic rings. The van der Waals surface area contributed by atoms with Crippen LogP contribution in [0, 0.1) is 0 Å². The Morgan fingerprint density at radius 2 is 2.04 bits per heavy atom. The number of nitrogens with one attached hydrogen (secondary N) is 2.